The number of rotatable bonds is 3. The smallest absolute Gasteiger partial charge is 0.182 e. The van der Waals surface area contributed by atoms with Gasteiger partial charge in [0.25, 0.3) is 0 Å². The molecule has 2 aromatic rings. The number of nitrogens with zero attached hydrogens (tertiary/aromatic N) is 1. The minimum absolute atomic E-state index is 0.102. The second-order valence-electron chi connectivity index (χ2n) is 3.74. The Morgan fingerprint density at radius 1 is 1.44 bits per heavy atom. The van der Waals surface area contributed by atoms with E-state index in [9.17, 15) is 4.79 Å². The summed E-state index contributed by atoms with van der Waals surface area (Å²) in [5.74, 6) is 0. The lowest BCUT2D eigenvalue weighted by Crippen LogP contribution is -2.34. The van der Waals surface area contributed by atoms with E-state index in [1.165, 1.54) is 0 Å². The lowest BCUT2D eigenvalue weighted by Gasteiger charge is -2.14. The van der Waals surface area contributed by atoms with Gasteiger partial charge in [0.15, 0.2) is 11.4 Å². The van der Waals surface area contributed by atoms with Gasteiger partial charge >= 0.3 is 0 Å². The Hall–Kier alpha value is -2.21. The molecule has 0 amide bonds. The number of hydrogen-bond acceptors (Lipinski definition) is 4. The molecule has 0 saturated carbocycles. The minimum Gasteiger partial charge on any atom is -0.375 e. The summed E-state index contributed by atoms with van der Waals surface area (Å²) >= 11 is 4.73. The fourth-order valence-electron chi connectivity index (χ4n) is 1.75. The number of fused-ring (bicyclic) bond motifs is 1. The van der Waals surface area contributed by atoms with Crippen molar-refractivity contribution in [1.29, 1.82) is 0 Å². The van der Waals surface area contributed by atoms with Crippen molar-refractivity contribution in [2.75, 3.05) is 5.43 Å². The van der Waals surface area contributed by atoms with Crippen molar-refractivity contribution in [3.8, 4) is 0 Å². The highest BCUT2D eigenvalue weighted by atomic mass is 32.1. The normalized spacial score (nSPS) is 10.1. The van der Waals surface area contributed by atoms with Crippen LogP contribution in [0.5, 0.6) is 0 Å². The number of hydrogen-bond donors (Lipinski definition) is 3. The quantitative estimate of drug-likeness (QED) is 0.441. The molecule has 0 aliphatic rings. The molecule has 1 aromatic carbocycles. The van der Waals surface area contributed by atoms with Crippen molar-refractivity contribution >= 4 is 40.2 Å². The number of aldehydes is 1. The van der Waals surface area contributed by atoms with E-state index in [1.807, 2.05) is 24.3 Å². The van der Waals surface area contributed by atoms with Crippen LogP contribution < -0.4 is 16.6 Å². The van der Waals surface area contributed by atoms with E-state index in [-0.39, 0.29) is 5.11 Å². The highest BCUT2D eigenvalue weighted by molar-refractivity contribution is 7.80. The standard InChI is InChI=1S/C12H12N4OS/c1-7-9(6-17)11(15-16-12(13)18)8-4-2-3-5-10(8)14-7/h2-6H,1H3,(H,14,15)(H3,13,16,18). The maximum Gasteiger partial charge on any atom is 0.182 e. The molecule has 0 atom stereocenters. The fraction of sp³-hybridized carbons (Fsp3) is 0.0833. The molecule has 0 unspecified atom stereocenters. The van der Waals surface area contributed by atoms with Crippen LogP contribution >= 0.6 is 12.2 Å². The van der Waals surface area contributed by atoms with E-state index < -0.39 is 0 Å². The number of pyridine rings is 1. The minimum atomic E-state index is 0.102. The van der Waals surface area contributed by atoms with Crippen LogP contribution in [-0.4, -0.2) is 16.4 Å². The molecule has 0 aliphatic heterocycles. The summed E-state index contributed by atoms with van der Waals surface area (Å²) < 4.78 is 0. The first-order chi connectivity index (χ1) is 8.63. The molecule has 18 heavy (non-hydrogen) atoms. The second kappa shape index (κ2) is 4.97. The number of aromatic nitrogens is 1. The van der Waals surface area contributed by atoms with Gasteiger partial charge in [0, 0.05) is 5.39 Å². The summed E-state index contributed by atoms with van der Waals surface area (Å²) in [7, 11) is 0. The molecule has 0 aliphatic carbocycles. The molecule has 6 heteroatoms. The van der Waals surface area contributed by atoms with Crippen LogP contribution in [-0.2, 0) is 0 Å². The summed E-state index contributed by atoms with van der Waals surface area (Å²) in [6.07, 6.45) is 0.762. The second-order valence-corrected chi connectivity index (χ2v) is 4.17. The Morgan fingerprint density at radius 2 is 2.17 bits per heavy atom. The van der Waals surface area contributed by atoms with E-state index >= 15 is 0 Å². The van der Waals surface area contributed by atoms with Gasteiger partial charge in [-0.3, -0.25) is 20.6 Å². The van der Waals surface area contributed by atoms with Gasteiger partial charge in [0.1, 0.15) is 0 Å². The molecular weight excluding hydrogens is 248 g/mol. The SMILES string of the molecule is Cc1nc2ccccc2c(NNC(N)=S)c1C=O. The van der Waals surface area contributed by atoms with E-state index in [0.29, 0.717) is 16.9 Å². The third kappa shape index (κ3) is 2.23. The first kappa shape index (κ1) is 12.3. The van der Waals surface area contributed by atoms with Gasteiger partial charge in [0.05, 0.1) is 22.5 Å². The van der Waals surface area contributed by atoms with Gasteiger partial charge in [-0.25, -0.2) is 0 Å². The Labute approximate surface area is 109 Å². The highest BCUT2D eigenvalue weighted by Gasteiger charge is 2.11. The average molecular weight is 260 g/mol. The average Bonchev–Trinajstić information content (AvgIpc) is 2.35. The van der Waals surface area contributed by atoms with Crippen molar-refractivity contribution in [1.82, 2.24) is 10.4 Å². The van der Waals surface area contributed by atoms with Gasteiger partial charge in [0.2, 0.25) is 0 Å². The van der Waals surface area contributed by atoms with Gasteiger partial charge < -0.3 is 5.73 Å². The van der Waals surface area contributed by atoms with Crippen molar-refractivity contribution < 1.29 is 4.79 Å². The highest BCUT2D eigenvalue weighted by Crippen LogP contribution is 2.26. The van der Waals surface area contributed by atoms with Gasteiger partial charge in [-0.2, -0.15) is 0 Å². The summed E-state index contributed by atoms with van der Waals surface area (Å²) in [5.41, 5.74) is 13.4. The lowest BCUT2D eigenvalue weighted by molar-refractivity contribution is 0.112. The third-order valence-electron chi connectivity index (χ3n) is 2.55. The van der Waals surface area contributed by atoms with Crippen molar-refractivity contribution in [3.63, 3.8) is 0 Å². The van der Waals surface area contributed by atoms with Crippen LogP contribution in [0, 0.1) is 6.92 Å². The molecule has 1 heterocycles. The number of carbonyl (C=O) groups excluding carboxylic acids is 1. The lowest BCUT2D eigenvalue weighted by atomic mass is 10.1. The molecular formula is C12H12N4OS. The summed E-state index contributed by atoms with van der Waals surface area (Å²) in [5, 5.41) is 0.930. The maximum absolute atomic E-state index is 11.2. The van der Waals surface area contributed by atoms with Crippen molar-refractivity contribution in [3.05, 3.63) is 35.5 Å². The molecule has 0 bridgehead atoms. The third-order valence-corrected chi connectivity index (χ3v) is 2.65. The van der Waals surface area contributed by atoms with Crippen molar-refractivity contribution in [2.45, 2.75) is 6.92 Å². The molecule has 5 nitrogen and oxygen atoms in total. The zero-order valence-electron chi connectivity index (χ0n) is 9.73. The number of para-hydroxylation sites is 1. The van der Waals surface area contributed by atoms with Crippen molar-refractivity contribution in [2.24, 2.45) is 5.73 Å². The zero-order valence-corrected chi connectivity index (χ0v) is 10.5. The number of aryl methyl sites for hydroxylation is 1. The number of benzene rings is 1. The monoisotopic (exact) mass is 260 g/mol. The van der Waals surface area contributed by atoms with E-state index in [0.717, 1.165) is 17.2 Å². The predicted molar refractivity (Wildman–Crippen MR) is 75.4 cm³/mol. The van der Waals surface area contributed by atoms with Crippen LogP contribution in [0.4, 0.5) is 5.69 Å². The largest absolute Gasteiger partial charge is 0.375 e. The van der Waals surface area contributed by atoms with Crippen LogP contribution in [0.3, 0.4) is 0 Å². The molecule has 92 valence electrons. The topological polar surface area (TPSA) is 80.0 Å². The number of hydrazine groups is 1. The van der Waals surface area contributed by atoms with E-state index in [2.05, 4.69) is 15.8 Å². The molecule has 2 rings (SSSR count). The maximum atomic E-state index is 11.2. The number of nitrogens with one attached hydrogen (secondary N) is 2. The molecule has 4 N–H and O–H groups in total. The Morgan fingerprint density at radius 3 is 2.83 bits per heavy atom. The predicted octanol–water partition coefficient (Wildman–Crippen LogP) is 1.52. The summed E-state index contributed by atoms with van der Waals surface area (Å²) in [4.78, 5) is 15.5. The number of carbonyl (C=O) groups is 1. The zero-order chi connectivity index (χ0) is 13.1. The molecule has 0 fully saturated rings. The summed E-state index contributed by atoms with van der Waals surface area (Å²) in [6, 6.07) is 7.52. The van der Waals surface area contributed by atoms with Crippen LogP contribution in [0.15, 0.2) is 24.3 Å². The molecule has 0 saturated heterocycles. The van der Waals surface area contributed by atoms with Crippen LogP contribution in [0.25, 0.3) is 10.9 Å². The fourth-order valence-corrected chi connectivity index (χ4v) is 1.80. The molecule has 0 radical (unpaired) electrons. The first-order valence-electron chi connectivity index (χ1n) is 5.29. The molecule has 1 aromatic heterocycles. The Bertz CT molecular complexity index is 627. The van der Waals surface area contributed by atoms with Gasteiger partial charge in [-0.1, -0.05) is 18.2 Å². The number of anilines is 1. The van der Waals surface area contributed by atoms with Gasteiger partial charge in [-0.15, -0.1) is 0 Å². The molecule has 0 spiro atoms. The number of thiocarbonyl (C=S) groups is 1. The van der Waals surface area contributed by atoms with Crippen LogP contribution in [0.1, 0.15) is 16.1 Å². The number of nitrogens with two attached hydrogens (primary N) is 1. The van der Waals surface area contributed by atoms with E-state index in [1.54, 1.807) is 6.92 Å². The van der Waals surface area contributed by atoms with E-state index in [4.69, 9.17) is 18.0 Å². The van der Waals surface area contributed by atoms with Gasteiger partial charge in [-0.05, 0) is 25.2 Å². The summed E-state index contributed by atoms with van der Waals surface area (Å²) in [6.45, 7) is 1.78. The Balaban J connectivity index is 2.64. The Kier molecular flexibility index (Phi) is 3.38. The first-order valence-corrected chi connectivity index (χ1v) is 5.70. The van der Waals surface area contributed by atoms with Crippen LogP contribution in [0.2, 0.25) is 0 Å².